The molecule has 1 unspecified atom stereocenters. The fourth-order valence-electron chi connectivity index (χ4n) is 3.67. The van der Waals surface area contributed by atoms with Crippen LogP contribution in [0.15, 0.2) is 70.7 Å². The van der Waals surface area contributed by atoms with E-state index in [2.05, 4.69) is 0 Å². The summed E-state index contributed by atoms with van der Waals surface area (Å²) in [5.41, 5.74) is 0.344. The molecule has 7 heteroatoms. The molecule has 31 heavy (non-hydrogen) atoms. The summed E-state index contributed by atoms with van der Waals surface area (Å²) in [6.45, 7) is 4.01. The standard InChI is InChI=1S/C24H21NO6/c1-3-30-16-8-6-7-15(13-16)22(27)20-21(19-12-11-14(2)31-19)25(24(29)23(20)28)17-9-4-5-10-18(17)26/h4-13,21,26-27H,3H2,1-2H3/b22-20-. The first kappa shape index (κ1) is 20.3. The Bertz CT molecular complexity index is 1190. The SMILES string of the molecule is CCOc1cccc(/C(O)=C2/C(=O)C(=O)N(c3ccccc3O)C2c2ccc(C)o2)c1. The number of aliphatic hydroxyl groups excluding tert-OH is 1. The summed E-state index contributed by atoms with van der Waals surface area (Å²) >= 11 is 0. The van der Waals surface area contributed by atoms with Gasteiger partial charge >= 0.3 is 0 Å². The highest BCUT2D eigenvalue weighted by Crippen LogP contribution is 2.45. The topological polar surface area (TPSA) is 100 Å². The van der Waals surface area contributed by atoms with Crippen LogP contribution in [0.3, 0.4) is 0 Å². The molecule has 2 aromatic carbocycles. The molecule has 1 aromatic heterocycles. The summed E-state index contributed by atoms with van der Waals surface area (Å²) in [6.07, 6.45) is 0. The molecule has 1 saturated heterocycles. The lowest BCUT2D eigenvalue weighted by Crippen LogP contribution is -2.29. The number of ketones is 1. The summed E-state index contributed by atoms with van der Waals surface area (Å²) in [5.74, 6) is -0.872. The van der Waals surface area contributed by atoms with Gasteiger partial charge in [-0.1, -0.05) is 24.3 Å². The highest BCUT2D eigenvalue weighted by atomic mass is 16.5. The van der Waals surface area contributed by atoms with Crippen molar-refractivity contribution >= 4 is 23.1 Å². The predicted molar refractivity (Wildman–Crippen MR) is 114 cm³/mol. The first-order valence-electron chi connectivity index (χ1n) is 9.81. The molecule has 1 aliphatic heterocycles. The number of phenolic OH excluding ortho intramolecular Hbond substituents is 1. The van der Waals surface area contributed by atoms with Crippen LogP contribution in [0.1, 0.15) is 30.0 Å². The molecule has 1 aliphatic rings. The number of furan rings is 1. The number of benzene rings is 2. The number of carbonyl (C=O) groups is 2. The molecule has 0 spiro atoms. The van der Waals surface area contributed by atoms with Gasteiger partial charge < -0.3 is 19.4 Å². The van der Waals surface area contributed by atoms with E-state index in [1.54, 1.807) is 55.5 Å². The van der Waals surface area contributed by atoms with Crippen molar-refractivity contribution < 1.29 is 29.0 Å². The lowest BCUT2D eigenvalue weighted by Gasteiger charge is -2.24. The van der Waals surface area contributed by atoms with E-state index in [4.69, 9.17) is 9.15 Å². The van der Waals surface area contributed by atoms with Gasteiger partial charge in [0.15, 0.2) is 0 Å². The second-order valence-electron chi connectivity index (χ2n) is 7.07. The average molecular weight is 419 g/mol. The van der Waals surface area contributed by atoms with Crippen LogP contribution in [0, 0.1) is 6.92 Å². The number of nitrogens with zero attached hydrogens (tertiary/aromatic N) is 1. The molecular weight excluding hydrogens is 398 g/mol. The maximum Gasteiger partial charge on any atom is 0.300 e. The van der Waals surface area contributed by atoms with Crippen LogP contribution in [-0.2, 0) is 9.59 Å². The fourth-order valence-corrected chi connectivity index (χ4v) is 3.67. The van der Waals surface area contributed by atoms with Crippen molar-refractivity contribution in [2.75, 3.05) is 11.5 Å². The van der Waals surface area contributed by atoms with Gasteiger partial charge in [0, 0.05) is 5.56 Å². The second kappa shape index (κ2) is 8.02. The van der Waals surface area contributed by atoms with Gasteiger partial charge in [0.05, 0.1) is 17.9 Å². The van der Waals surface area contributed by atoms with E-state index in [-0.39, 0.29) is 22.8 Å². The lowest BCUT2D eigenvalue weighted by molar-refractivity contribution is -0.132. The number of Topliss-reactive ketones (excluding diaryl/α,β-unsaturated/α-hetero) is 1. The molecule has 1 atom stereocenters. The van der Waals surface area contributed by atoms with E-state index in [1.165, 1.54) is 12.1 Å². The van der Waals surface area contributed by atoms with Crippen LogP contribution in [0.4, 0.5) is 5.69 Å². The maximum absolute atomic E-state index is 13.1. The molecule has 4 rings (SSSR count). The molecule has 0 radical (unpaired) electrons. The molecule has 2 heterocycles. The Labute approximate surface area is 178 Å². The number of aliphatic hydroxyl groups is 1. The highest BCUT2D eigenvalue weighted by Gasteiger charge is 2.49. The number of amides is 1. The number of ether oxygens (including phenoxy) is 1. The van der Waals surface area contributed by atoms with Gasteiger partial charge in [-0.25, -0.2) is 0 Å². The Balaban J connectivity index is 1.93. The van der Waals surface area contributed by atoms with Gasteiger partial charge in [-0.2, -0.15) is 0 Å². The van der Waals surface area contributed by atoms with Gasteiger partial charge in [0.25, 0.3) is 11.7 Å². The molecule has 0 bridgehead atoms. The third-order valence-corrected chi connectivity index (χ3v) is 5.03. The zero-order valence-electron chi connectivity index (χ0n) is 17.0. The monoisotopic (exact) mass is 419 g/mol. The number of para-hydroxylation sites is 2. The normalized spacial score (nSPS) is 17.9. The first-order valence-corrected chi connectivity index (χ1v) is 9.81. The number of rotatable bonds is 5. The Morgan fingerprint density at radius 3 is 2.55 bits per heavy atom. The molecular formula is C24H21NO6. The minimum atomic E-state index is -1.04. The van der Waals surface area contributed by atoms with E-state index in [1.807, 2.05) is 6.92 Å². The van der Waals surface area contributed by atoms with Gasteiger partial charge in [-0.05, 0) is 50.2 Å². The Hall–Kier alpha value is -4.00. The molecule has 7 nitrogen and oxygen atoms in total. The number of aryl methyl sites for hydroxylation is 1. The summed E-state index contributed by atoms with van der Waals surface area (Å²) in [4.78, 5) is 27.2. The molecule has 0 aliphatic carbocycles. The third kappa shape index (κ3) is 3.54. The summed E-state index contributed by atoms with van der Waals surface area (Å²) in [5, 5.41) is 21.4. The minimum Gasteiger partial charge on any atom is -0.507 e. The van der Waals surface area contributed by atoms with E-state index in [0.29, 0.717) is 29.4 Å². The van der Waals surface area contributed by atoms with Crippen LogP contribution >= 0.6 is 0 Å². The average Bonchev–Trinajstić information content (AvgIpc) is 3.30. The van der Waals surface area contributed by atoms with Gasteiger partial charge in [-0.3, -0.25) is 14.5 Å². The summed E-state index contributed by atoms with van der Waals surface area (Å²) in [6, 6.07) is 15.1. The van der Waals surface area contributed by atoms with Crippen LogP contribution in [-0.4, -0.2) is 28.5 Å². The Morgan fingerprint density at radius 2 is 1.87 bits per heavy atom. The molecule has 158 valence electrons. The Morgan fingerprint density at radius 1 is 1.10 bits per heavy atom. The van der Waals surface area contributed by atoms with Crippen molar-refractivity contribution in [3.63, 3.8) is 0 Å². The fraction of sp³-hybridized carbons (Fsp3) is 0.167. The quantitative estimate of drug-likeness (QED) is 0.363. The van der Waals surface area contributed by atoms with Crippen molar-refractivity contribution in [3.05, 3.63) is 83.3 Å². The van der Waals surface area contributed by atoms with Crippen molar-refractivity contribution in [1.82, 2.24) is 0 Å². The largest absolute Gasteiger partial charge is 0.507 e. The zero-order valence-corrected chi connectivity index (χ0v) is 17.0. The van der Waals surface area contributed by atoms with E-state index >= 15 is 0 Å². The molecule has 1 amide bonds. The minimum absolute atomic E-state index is 0.128. The Kier molecular flexibility index (Phi) is 5.25. The van der Waals surface area contributed by atoms with Crippen molar-refractivity contribution in [2.24, 2.45) is 0 Å². The van der Waals surface area contributed by atoms with Gasteiger partial charge in [0.1, 0.15) is 34.8 Å². The lowest BCUT2D eigenvalue weighted by atomic mass is 9.99. The van der Waals surface area contributed by atoms with E-state index in [9.17, 15) is 19.8 Å². The predicted octanol–water partition coefficient (Wildman–Crippen LogP) is 4.32. The second-order valence-corrected chi connectivity index (χ2v) is 7.07. The molecule has 1 fully saturated rings. The van der Waals surface area contributed by atoms with Crippen molar-refractivity contribution in [1.29, 1.82) is 0 Å². The number of phenols is 1. The number of hydrogen-bond donors (Lipinski definition) is 2. The number of hydrogen-bond acceptors (Lipinski definition) is 6. The van der Waals surface area contributed by atoms with Crippen molar-refractivity contribution in [2.45, 2.75) is 19.9 Å². The molecule has 0 saturated carbocycles. The van der Waals surface area contributed by atoms with Crippen LogP contribution in [0.5, 0.6) is 11.5 Å². The smallest absolute Gasteiger partial charge is 0.300 e. The van der Waals surface area contributed by atoms with Gasteiger partial charge in [-0.15, -0.1) is 0 Å². The first-order chi connectivity index (χ1) is 14.9. The molecule has 3 aromatic rings. The summed E-state index contributed by atoms with van der Waals surface area (Å²) < 4.78 is 11.2. The van der Waals surface area contributed by atoms with E-state index < -0.39 is 17.7 Å². The van der Waals surface area contributed by atoms with Gasteiger partial charge in [0.2, 0.25) is 0 Å². The zero-order chi connectivity index (χ0) is 22.1. The van der Waals surface area contributed by atoms with Crippen LogP contribution < -0.4 is 9.64 Å². The maximum atomic E-state index is 13.1. The highest BCUT2D eigenvalue weighted by molar-refractivity contribution is 6.51. The van der Waals surface area contributed by atoms with E-state index in [0.717, 1.165) is 4.90 Å². The summed E-state index contributed by atoms with van der Waals surface area (Å²) in [7, 11) is 0. The van der Waals surface area contributed by atoms with Crippen molar-refractivity contribution in [3.8, 4) is 11.5 Å². The number of carbonyl (C=O) groups excluding carboxylic acids is 2. The number of anilines is 1. The molecule has 2 N–H and O–H groups in total. The van der Waals surface area contributed by atoms with Crippen LogP contribution in [0.2, 0.25) is 0 Å². The number of aromatic hydroxyl groups is 1. The van der Waals surface area contributed by atoms with Crippen LogP contribution in [0.25, 0.3) is 5.76 Å². The third-order valence-electron chi connectivity index (χ3n) is 5.03.